The second-order valence-corrected chi connectivity index (χ2v) is 8.99. The number of nitrogens with zero attached hydrogens (tertiary/aromatic N) is 2. The monoisotopic (exact) mass is 390 g/mol. The molecule has 2 aromatic rings. The molecule has 0 saturated carbocycles. The van der Waals surface area contributed by atoms with Gasteiger partial charge in [-0.15, -0.1) is 0 Å². The van der Waals surface area contributed by atoms with Crippen molar-refractivity contribution in [1.29, 1.82) is 0 Å². The fraction of sp³-hybridized carbons (Fsp3) is 0.417. The third-order valence-corrected chi connectivity index (χ3v) is 5.51. The highest BCUT2D eigenvalue weighted by Crippen LogP contribution is 2.45. The number of benzene rings is 1. The highest BCUT2D eigenvalue weighted by atomic mass is 16.5. The first-order valence-corrected chi connectivity index (χ1v) is 9.93. The van der Waals surface area contributed by atoms with Crippen molar-refractivity contribution < 1.29 is 14.6 Å². The van der Waals surface area contributed by atoms with Gasteiger partial charge in [0.2, 0.25) is 5.91 Å². The molecule has 1 fully saturated rings. The molecule has 5 nitrogen and oxygen atoms in total. The Labute approximate surface area is 171 Å². The number of fused-ring (bicyclic) bond motifs is 4. The zero-order chi connectivity index (χ0) is 20.8. The van der Waals surface area contributed by atoms with Crippen molar-refractivity contribution in [3.63, 3.8) is 0 Å². The van der Waals surface area contributed by atoms with E-state index in [1.165, 1.54) is 0 Å². The van der Waals surface area contributed by atoms with Gasteiger partial charge < -0.3 is 14.7 Å². The molecule has 2 bridgehead atoms. The molecule has 4 rings (SSSR count). The van der Waals surface area contributed by atoms with Gasteiger partial charge in [-0.05, 0) is 12.5 Å². The third-order valence-electron chi connectivity index (χ3n) is 5.51. The second-order valence-electron chi connectivity index (χ2n) is 8.99. The van der Waals surface area contributed by atoms with Crippen molar-refractivity contribution in [3.05, 3.63) is 59.4 Å². The molecule has 29 heavy (non-hydrogen) atoms. The Morgan fingerprint density at radius 3 is 2.62 bits per heavy atom. The minimum Gasteiger partial charge on any atom is -0.487 e. The molecule has 1 aromatic carbocycles. The van der Waals surface area contributed by atoms with E-state index in [-0.39, 0.29) is 18.1 Å². The molecule has 1 aromatic heterocycles. The molecule has 3 heterocycles. The van der Waals surface area contributed by atoms with Gasteiger partial charge in [-0.2, -0.15) is 0 Å². The normalized spacial score (nSPS) is 22.0. The van der Waals surface area contributed by atoms with Crippen LogP contribution in [0.4, 0.5) is 0 Å². The molecule has 0 aliphatic carbocycles. The van der Waals surface area contributed by atoms with E-state index in [4.69, 9.17) is 4.74 Å². The summed E-state index contributed by atoms with van der Waals surface area (Å²) in [6.45, 7) is 8.05. The maximum absolute atomic E-state index is 12.9. The molecular formula is C24H26N2O3. The first-order chi connectivity index (χ1) is 13.7. The number of aromatic nitrogens is 1. The topological polar surface area (TPSA) is 62.7 Å². The SMILES string of the molecule is CC(C)(C)C(=O)N1C[C@@H]2C[C@H]1c1cncc(C#CC(C)(O)c3ccccc3)c1O2. The molecule has 3 atom stereocenters. The van der Waals surface area contributed by atoms with Gasteiger partial charge in [0.05, 0.1) is 18.2 Å². The summed E-state index contributed by atoms with van der Waals surface area (Å²) < 4.78 is 6.20. The summed E-state index contributed by atoms with van der Waals surface area (Å²) in [6.07, 6.45) is 4.16. The molecule has 1 saturated heterocycles. The lowest BCUT2D eigenvalue weighted by Gasteiger charge is -2.31. The van der Waals surface area contributed by atoms with Gasteiger partial charge in [0.25, 0.3) is 0 Å². The molecule has 0 radical (unpaired) electrons. The number of carbonyl (C=O) groups is 1. The molecule has 1 N–H and O–H groups in total. The minimum absolute atomic E-state index is 0.0423. The zero-order valence-corrected chi connectivity index (χ0v) is 17.3. The molecule has 150 valence electrons. The summed E-state index contributed by atoms with van der Waals surface area (Å²) >= 11 is 0. The Morgan fingerprint density at radius 1 is 1.21 bits per heavy atom. The first kappa shape index (κ1) is 19.5. The summed E-state index contributed by atoms with van der Waals surface area (Å²) in [5, 5.41) is 10.8. The average molecular weight is 390 g/mol. The first-order valence-electron chi connectivity index (χ1n) is 9.93. The van der Waals surface area contributed by atoms with Crippen LogP contribution >= 0.6 is 0 Å². The number of carbonyl (C=O) groups excluding carboxylic acids is 1. The smallest absolute Gasteiger partial charge is 0.228 e. The van der Waals surface area contributed by atoms with Crippen molar-refractivity contribution in [2.45, 2.75) is 51.9 Å². The third kappa shape index (κ3) is 3.61. The number of amides is 1. The van der Waals surface area contributed by atoms with E-state index in [0.717, 1.165) is 17.5 Å². The van der Waals surface area contributed by atoms with Gasteiger partial charge in [-0.3, -0.25) is 9.78 Å². The van der Waals surface area contributed by atoms with E-state index in [1.807, 2.05) is 56.0 Å². The van der Waals surface area contributed by atoms with Crippen LogP contribution in [0.15, 0.2) is 42.7 Å². The van der Waals surface area contributed by atoms with Crippen LogP contribution in [-0.2, 0) is 10.4 Å². The van der Waals surface area contributed by atoms with Gasteiger partial charge in [0.15, 0.2) is 0 Å². The van der Waals surface area contributed by atoms with Crippen LogP contribution in [0.3, 0.4) is 0 Å². The van der Waals surface area contributed by atoms with Gasteiger partial charge in [0.1, 0.15) is 17.5 Å². The van der Waals surface area contributed by atoms with Crippen LogP contribution < -0.4 is 4.74 Å². The van der Waals surface area contributed by atoms with Crippen molar-refractivity contribution in [1.82, 2.24) is 9.88 Å². The second kappa shape index (κ2) is 6.89. The van der Waals surface area contributed by atoms with Crippen LogP contribution in [-0.4, -0.2) is 33.5 Å². The fourth-order valence-corrected chi connectivity index (χ4v) is 3.95. The molecular weight excluding hydrogens is 364 g/mol. The maximum atomic E-state index is 12.9. The zero-order valence-electron chi connectivity index (χ0n) is 17.3. The highest BCUT2D eigenvalue weighted by molar-refractivity contribution is 5.82. The number of hydrogen-bond acceptors (Lipinski definition) is 4. The Kier molecular flexibility index (Phi) is 4.63. The fourth-order valence-electron chi connectivity index (χ4n) is 3.95. The Bertz CT molecular complexity index is 996. The molecule has 0 spiro atoms. The number of hydrogen-bond donors (Lipinski definition) is 1. The van der Waals surface area contributed by atoms with Crippen molar-refractivity contribution in [2.24, 2.45) is 5.41 Å². The van der Waals surface area contributed by atoms with Gasteiger partial charge in [-0.25, -0.2) is 0 Å². The van der Waals surface area contributed by atoms with E-state index >= 15 is 0 Å². The van der Waals surface area contributed by atoms with Crippen molar-refractivity contribution >= 4 is 5.91 Å². The molecule has 2 aliphatic rings. The molecule has 1 amide bonds. The van der Waals surface area contributed by atoms with Gasteiger partial charge in [0, 0.05) is 29.8 Å². The minimum atomic E-state index is -1.29. The van der Waals surface area contributed by atoms with Crippen molar-refractivity contribution in [2.75, 3.05) is 6.54 Å². The molecule has 5 heteroatoms. The summed E-state index contributed by atoms with van der Waals surface area (Å²) in [4.78, 5) is 19.2. The van der Waals surface area contributed by atoms with E-state index in [9.17, 15) is 9.90 Å². The average Bonchev–Trinajstić information content (AvgIpc) is 3.03. The predicted octanol–water partition coefficient (Wildman–Crippen LogP) is 3.42. The predicted molar refractivity (Wildman–Crippen MR) is 110 cm³/mol. The summed E-state index contributed by atoms with van der Waals surface area (Å²) in [5.41, 5.74) is 0.525. The lowest BCUT2D eigenvalue weighted by Crippen LogP contribution is -2.39. The van der Waals surface area contributed by atoms with E-state index in [0.29, 0.717) is 17.9 Å². The van der Waals surface area contributed by atoms with Crippen LogP contribution in [0, 0.1) is 17.3 Å². The van der Waals surface area contributed by atoms with E-state index < -0.39 is 11.0 Å². The number of likely N-dealkylation sites (tertiary alicyclic amines) is 1. The molecule has 1 unspecified atom stereocenters. The lowest BCUT2D eigenvalue weighted by molar-refractivity contribution is -0.140. The standard InChI is InChI=1S/C24H26N2O3/c1-23(2,3)22(27)26-15-18-12-20(26)19-14-25-13-16(21(19)29-18)10-11-24(4,28)17-8-6-5-7-9-17/h5-9,13-14,18,20,28H,12,15H2,1-4H3/t18-,20-,24?/m0/s1. The van der Waals surface area contributed by atoms with Gasteiger partial charge in [-0.1, -0.05) is 62.9 Å². The maximum Gasteiger partial charge on any atom is 0.228 e. The quantitative estimate of drug-likeness (QED) is 0.758. The Hall–Kier alpha value is -2.84. The van der Waals surface area contributed by atoms with Crippen LogP contribution in [0.2, 0.25) is 0 Å². The number of aliphatic hydroxyl groups is 1. The largest absolute Gasteiger partial charge is 0.487 e. The van der Waals surface area contributed by atoms with E-state index in [1.54, 1.807) is 19.3 Å². The number of ether oxygens (including phenoxy) is 1. The summed E-state index contributed by atoms with van der Waals surface area (Å²) in [7, 11) is 0. The van der Waals surface area contributed by atoms with Crippen LogP contribution in [0.1, 0.15) is 56.8 Å². The highest BCUT2D eigenvalue weighted by Gasteiger charge is 2.45. The van der Waals surface area contributed by atoms with Crippen molar-refractivity contribution in [3.8, 4) is 17.6 Å². The summed E-state index contributed by atoms with van der Waals surface area (Å²) in [6, 6.07) is 9.30. The summed E-state index contributed by atoms with van der Waals surface area (Å²) in [5.74, 6) is 6.82. The Morgan fingerprint density at radius 2 is 1.93 bits per heavy atom. The number of pyridine rings is 1. The number of rotatable bonds is 1. The van der Waals surface area contributed by atoms with E-state index in [2.05, 4.69) is 16.8 Å². The lowest BCUT2D eigenvalue weighted by atomic mass is 9.93. The molecule has 2 aliphatic heterocycles. The van der Waals surface area contributed by atoms with Crippen LogP contribution in [0.25, 0.3) is 0 Å². The Balaban J connectivity index is 1.68. The van der Waals surface area contributed by atoms with Crippen LogP contribution in [0.5, 0.6) is 5.75 Å². The van der Waals surface area contributed by atoms with Gasteiger partial charge >= 0.3 is 0 Å².